The van der Waals surface area contributed by atoms with Gasteiger partial charge >= 0.3 is 0 Å². The van der Waals surface area contributed by atoms with Crippen LogP contribution in [0.3, 0.4) is 0 Å². The monoisotopic (exact) mass is 487 g/mol. The predicted molar refractivity (Wildman–Crippen MR) is 154 cm³/mol. The van der Waals surface area contributed by atoms with E-state index in [9.17, 15) is 5.26 Å². The topological polar surface area (TPSA) is 65.5 Å². The van der Waals surface area contributed by atoms with Crippen molar-refractivity contribution in [2.45, 2.75) is 100 Å². The second-order valence-corrected chi connectivity index (χ2v) is 11.3. The maximum absolute atomic E-state index is 9.39. The summed E-state index contributed by atoms with van der Waals surface area (Å²) >= 11 is 0. The normalized spacial score (nSPS) is 16.2. The fraction of sp³-hybridized carbons (Fsp3) is 0.516. The minimum atomic E-state index is 0.334. The number of imidazole rings is 1. The average molecular weight is 488 g/mol. The third-order valence-electron chi connectivity index (χ3n) is 6.06. The van der Waals surface area contributed by atoms with E-state index in [1.807, 2.05) is 69.6 Å². The molecule has 5 nitrogen and oxygen atoms in total. The molecule has 1 saturated heterocycles. The molecule has 0 atom stereocenters. The molecule has 0 aliphatic carbocycles. The maximum atomic E-state index is 9.39. The van der Waals surface area contributed by atoms with Gasteiger partial charge in [0.1, 0.15) is 6.07 Å². The summed E-state index contributed by atoms with van der Waals surface area (Å²) in [5, 5.41) is 13.1. The molecular formula is C31H45N5. The zero-order chi connectivity index (χ0) is 27.3. The van der Waals surface area contributed by atoms with Gasteiger partial charge < -0.3 is 9.72 Å². The third kappa shape index (κ3) is 7.77. The quantitative estimate of drug-likeness (QED) is 0.371. The summed E-state index contributed by atoms with van der Waals surface area (Å²) in [7, 11) is 0. The number of aryl methyl sites for hydroxylation is 2. The highest BCUT2D eigenvalue weighted by atomic mass is 15.0. The van der Waals surface area contributed by atoms with E-state index in [-0.39, 0.29) is 0 Å². The van der Waals surface area contributed by atoms with Crippen LogP contribution in [0.4, 0.5) is 5.69 Å². The van der Waals surface area contributed by atoms with Crippen LogP contribution in [0.1, 0.15) is 92.0 Å². The number of piperidine rings is 1. The molecule has 1 aromatic carbocycles. The molecule has 0 spiro atoms. The highest BCUT2D eigenvalue weighted by Crippen LogP contribution is 2.32. The Kier molecular flexibility index (Phi) is 9.63. The lowest BCUT2D eigenvalue weighted by atomic mass is 9.77. The number of benzene rings is 1. The summed E-state index contributed by atoms with van der Waals surface area (Å²) in [6.45, 7) is 23.5. The molecular weight excluding hydrogens is 442 g/mol. The molecule has 4 rings (SSSR count). The zero-order valence-corrected chi connectivity index (χ0v) is 24.2. The summed E-state index contributed by atoms with van der Waals surface area (Å²) in [5.74, 6) is 0.862. The second-order valence-electron chi connectivity index (χ2n) is 11.3. The van der Waals surface area contributed by atoms with Crippen LogP contribution >= 0.6 is 0 Å². The van der Waals surface area contributed by atoms with Crippen LogP contribution < -0.4 is 5.32 Å². The van der Waals surface area contributed by atoms with E-state index in [4.69, 9.17) is 0 Å². The summed E-state index contributed by atoms with van der Waals surface area (Å²) in [6, 6.07) is 10.3. The SMILES string of the molecule is CC.CC(C)=Nc1ccc(-c2cc(C#N)c3nc(C)cn3c2)cc1C.CC1CC(C)(C)NC(C)(C)C1. The number of rotatable bonds is 2. The second kappa shape index (κ2) is 11.8. The molecule has 1 fully saturated rings. The molecule has 1 aliphatic heterocycles. The van der Waals surface area contributed by atoms with Crippen LogP contribution in [0, 0.1) is 31.1 Å². The molecule has 0 radical (unpaired) electrons. The lowest BCUT2D eigenvalue weighted by Gasteiger charge is -2.45. The number of hydrogen-bond acceptors (Lipinski definition) is 4. The Balaban J connectivity index is 0.000000295. The molecule has 2 aromatic heterocycles. The predicted octanol–water partition coefficient (Wildman–Crippen LogP) is 8.19. The summed E-state index contributed by atoms with van der Waals surface area (Å²) in [5.41, 5.74) is 8.05. The molecule has 36 heavy (non-hydrogen) atoms. The highest BCUT2D eigenvalue weighted by Gasteiger charge is 2.35. The van der Waals surface area contributed by atoms with Gasteiger partial charge in [0.25, 0.3) is 0 Å². The van der Waals surface area contributed by atoms with E-state index >= 15 is 0 Å². The van der Waals surface area contributed by atoms with Crippen LogP contribution in [0.25, 0.3) is 16.8 Å². The molecule has 0 bridgehead atoms. The zero-order valence-electron chi connectivity index (χ0n) is 24.2. The molecule has 0 unspecified atom stereocenters. The number of fused-ring (bicyclic) bond motifs is 1. The van der Waals surface area contributed by atoms with Crippen molar-refractivity contribution in [3.8, 4) is 17.2 Å². The first-order valence-corrected chi connectivity index (χ1v) is 13.1. The standard InChI is InChI=1S/C19H18N4.C10H21N.C2H6/c1-12(2)21-18-6-5-15(7-13(18)3)17-8-16(9-20)19-22-14(4)10-23(19)11-17;1-8-6-9(2,3)11-10(4,5)7-8;1-2/h5-8,10-11H,1-4H3;8,11H,6-7H2,1-5H3;1-2H3. The van der Waals surface area contributed by atoms with Crippen molar-refractivity contribution < 1.29 is 0 Å². The number of aromatic nitrogens is 2. The Morgan fingerprint density at radius 2 is 1.64 bits per heavy atom. The van der Waals surface area contributed by atoms with Crippen molar-refractivity contribution in [1.29, 1.82) is 5.26 Å². The molecule has 0 amide bonds. The van der Waals surface area contributed by atoms with Crippen molar-refractivity contribution in [2.24, 2.45) is 10.9 Å². The van der Waals surface area contributed by atoms with E-state index in [1.165, 1.54) is 12.8 Å². The van der Waals surface area contributed by atoms with Gasteiger partial charge in [-0.1, -0.05) is 26.8 Å². The van der Waals surface area contributed by atoms with Crippen molar-refractivity contribution >= 4 is 17.0 Å². The van der Waals surface area contributed by atoms with Crippen molar-refractivity contribution in [3.05, 3.63) is 53.5 Å². The van der Waals surface area contributed by atoms with Gasteiger partial charge in [0.15, 0.2) is 5.65 Å². The first-order valence-electron chi connectivity index (χ1n) is 13.1. The summed E-state index contributed by atoms with van der Waals surface area (Å²) in [4.78, 5) is 8.94. The fourth-order valence-corrected chi connectivity index (χ4v) is 5.50. The first-order chi connectivity index (χ1) is 16.8. The van der Waals surface area contributed by atoms with Gasteiger partial charge in [0, 0.05) is 29.2 Å². The molecule has 1 N–H and O–H groups in total. The maximum Gasteiger partial charge on any atom is 0.155 e. The van der Waals surface area contributed by atoms with E-state index in [0.29, 0.717) is 22.3 Å². The van der Waals surface area contributed by atoms with Gasteiger partial charge in [-0.25, -0.2) is 4.98 Å². The Bertz CT molecular complexity index is 1230. The Hall–Kier alpha value is -2.97. The Labute approximate surface area is 218 Å². The number of nitrogens with one attached hydrogen (secondary N) is 1. The van der Waals surface area contributed by atoms with E-state index in [1.54, 1.807) is 0 Å². The van der Waals surface area contributed by atoms with Crippen LogP contribution in [-0.4, -0.2) is 26.2 Å². The first kappa shape index (κ1) is 29.3. The average Bonchev–Trinajstić information content (AvgIpc) is 3.13. The van der Waals surface area contributed by atoms with Gasteiger partial charge in [-0.3, -0.25) is 4.99 Å². The number of nitriles is 1. The van der Waals surface area contributed by atoms with Gasteiger partial charge in [-0.2, -0.15) is 5.26 Å². The van der Waals surface area contributed by atoms with Crippen LogP contribution in [0.5, 0.6) is 0 Å². The Morgan fingerprint density at radius 3 is 2.14 bits per heavy atom. The highest BCUT2D eigenvalue weighted by molar-refractivity contribution is 5.83. The molecule has 3 heterocycles. The summed E-state index contributed by atoms with van der Waals surface area (Å²) < 4.78 is 1.92. The van der Waals surface area contributed by atoms with Gasteiger partial charge in [-0.15, -0.1) is 0 Å². The van der Waals surface area contributed by atoms with E-state index in [2.05, 4.69) is 69.0 Å². The molecule has 5 heteroatoms. The Morgan fingerprint density at radius 1 is 1.03 bits per heavy atom. The van der Waals surface area contributed by atoms with Gasteiger partial charge in [0.2, 0.25) is 0 Å². The van der Waals surface area contributed by atoms with Gasteiger partial charge in [-0.05, 0) is 109 Å². The number of nitrogens with zero attached hydrogens (tertiary/aromatic N) is 4. The van der Waals surface area contributed by atoms with Crippen LogP contribution in [0.2, 0.25) is 0 Å². The number of aliphatic imine (C=N–C) groups is 1. The minimum Gasteiger partial charge on any atom is -0.307 e. The number of hydrogen-bond donors (Lipinski definition) is 1. The van der Waals surface area contributed by atoms with Crippen LogP contribution in [0.15, 0.2) is 41.7 Å². The smallest absolute Gasteiger partial charge is 0.155 e. The fourth-order valence-electron chi connectivity index (χ4n) is 5.50. The molecule has 194 valence electrons. The molecule has 1 aliphatic rings. The van der Waals surface area contributed by atoms with Crippen molar-refractivity contribution in [3.63, 3.8) is 0 Å². The number of pyridine rings is 1. The molecule has 0 saturated carbocycles. The minimum absolute atomic E-state index is 0.334. The van der Waals surface area contributed by atoms with Gasteiger partial charge in [0.05, 0.1) is 16.9 Å². The molecule has 3 aromatic rings. The summed E-state index contributed by atoms with van der Waals surface area (Å²) in [6.07, 6.45) is 6.55. The van der Waals surface area contributed by atoms with E-state index in [0.717, 1.165) is 39.7 Å². The van der Waals surface area contributed by atoms with Crippen molar-refractivity contribution in [2.75, 3.05) is 0 Å². The lowest BCUT2D eigenvalue weighted by Crippen LogP contribution is -2.57. The largest absolute Gasteiger partial charge is 0.307 e. The third-order valence-corrected chi connectivity index (χ3v) is 6.06. The van der Waals surface area contributed by atoms with Crippen LogP contribution in [-0.2, 0) is 0 Å². The van der Waals surface area contributed by atoms with Crippen molar-refractivity contribution in [1.82, 2.24) is 14.7 Å². The lowest BCUT2D eigenvalue weighted by molar-refractivity contribution is 0.138. The van der Waals surface area contributed by atoms with E-state index < -0.39 is 0 Å².